The van der Waals surface area contributed by atoms with Gasteiger partial charge in [0.15, 0.2) is 5.82 Å². The second-order valence-electron chi connectivity index (χ2n) is 2.99. The van der Waals surface area contributed by atoms with E-state index in [0.717, 1.165) is 5.56 Å². The summed E-state index contributed by atoms with van der Waals surface area (Å²) < 4.78 is 14.4. The van der Waals surface area contributed by atoms with Gasteiger partial charge in [-0.15, -0.1) is 0 Å². The summed E-state index contributed by atoms with van der Waals surface area (Å²) in [6, 6.07) is 6.41. The topological polar surface area (TPSA) is 30.7 Å². The van der Waals surface area contributed by atoms with E-state index in [1.54, 1.807) is 17.1 Å². The monoisotopic (exact) mass is 190 g/mol. The van der Waals surface area contributed by atoms with Gasteiger partial charge in [0.2, 0.25) is 0 Å². The SMILES string of the molecule is [CH2]c1ncn(Cc2cccc(F)c2)n1. The molecule has 2 aromatic rings. The molecule has 0 saturated heterocycles. The minimum absolute atomic E-state index is 0.238. The maximum atomic E-state index is 12.8. The molecule has 0 unspecified atom stereocenters. The Bertz CT molecular complexity index is 436. The van der Waals surface area contributed by atoms with Crippen LogP contribution in [0.4, 0.5) is 4.39 Å². The average Bonchev–Trinajstić information content (AvgIpc) is 2.51. The van der Waals surface area contributed by atoms with Crippen LogP contribution in [0.15, 0.2) is 30.6 Å². The first-order chi connectivity index (χ1) is 6.74. The van der Waals surface area contributed by atoms with E-state index in [2.05, 4.69) is 17.0 Å². The van der Waals surface area contributed by atoms with Crippen molar-refractivity contribution in [3.05, 3.63) is 54.7 Å². The van der Waals surface area contributed by atoms with E-state index in [1.165, 1.54) is 12.1 Å². The molecule has 71 valence electrons. The lowest BCUT2D eigenvalue weighted by Crippen LogP contribution is -2.00. The summed E-state index contributed by atoms with van der Waals surface area (Å²) in [5, 5.41) is 4.01. The number of hydrogen-bond donors (Lipinski definition) is 0. The number of halogens is 1. The third-order valence-electron chi connectivity index (χ3n) is 1.82. The van der Waals surface area contributed by atoms with Gasteiger partial charge in [0.05, 0.1) is 6.54 Å². The van der Waals surface area contributed by atoms with Crippen molar-refractivity contribution in [1.29, 1.82) is 0 Å². The maximum absolute atomic E-state index is 12.8. The van der Waals surface area contributed by atoms with E-state index >= 15 is 0 Å². The zero-order chi connectivity index (χ0) is 9.97. The second kappa shape index (κ2) is 3.57. The van der Waals surface area contributed by atoms with Crippen LogP contribution in [-0.2, 0) is 6.54 Å². The molecule has 0 aliphatic rings. The number of benzene rings is 1. The van der Waals surface area contributed by atoms with Gasteiger partial charge in [-0.05, 0) is 17.7 Å². The van der Waals surface area contributed by atoms with Crippen molar-refractivity contribution in [2.45, 2.75) is 6.54 Å². The Kier molecular flexibility index (Phi) is 2.26. The molecule has 1 radical (unpaired) electrons. The second-order valence-corrected chi connectivity index (χ2v) is 2.99. The summed E-state index contributed by atoms with van der Waals surface area (Å²) >= 11 is 0. The lowest BCUT2D eigenvalue weighted by Gasteiger charge is -2.00. The van der Waals surface area contributed by atoms with Crippen molar-refractivity contribution in [2.75, 3.05) is 0 Å². The standard InChI is InChI=1S/C10H9FN3/c1-8-12-7-14(13-8)6-9-3-2-4-10(11)5-9/h2-5,7H,1,6H2. The Balaban J connectivity index is 2.18. The van der Waals surface area contributed by atoms with Crippen LogP contribution in [0.1, 0.15) is 11.4 Å². The van der Waals surface area contributed by atoms with Crippen LogP contribution in [0.2, 0.25) is 0 Å². The van der Waals surface area contributed by atoms with Crippen LogP contribution < -0.4 is 0 Å². The summed E-state index contributed by atoms with van der Waals surface area (Å²) in [6.45, 7) is 4.10. The molecule has 0 amide bonds. The molecule has 14 heavy (non-hydrogen) atoms. The molecule has 0 spiro atoms. The lowest BCUT2D eigenvalue weighted by atomic mass is 10.2. The Hall–Kier alpha value is -1.71. The van der Waals surface area contributed by atoms with Gasteiger partial charge in [0.25, 0.3) is 0 Å². The summed E-state index contributed by atoms with van der Waals surface area (Å²) in [4.78, 5) is 3.88. The molecular formula is C10H9FN3. The van der Waals surface area contributed by atoms with Crippen molar-refractivity contribution in [1.82, 2.24) is 14.8 Å². The van der Waals surface area contributed by atoms with Crippen LogP contribution in [0, 0.1) is 12.7 Å². The fraction of sp³-hybridized carbons (Fsp3) is 0.100. The van der Waals surface area contributed by atoms with Crippen LogP contribution in [0.3, 0.4) is 0 Å². The summed E-state index contributed by atoms with van der Waals surface area (Å²) in [7, 11) is 0. The van der Waals surface area contributed by atoms with Gasteiger partial charge in [0, 0.05) is 6.92 Å². The summed E-state index contributed by atoms with van der Waals surface area (Å²) in [5.74, 6) is 0.235. The van der Waals surface area contributed by atoms with Gasteiger partial charge in [-0.1, -0.05) is 12.1 Å². The van der Waals surface area contributed by atoms with E-state index in [1.807, 2.05) is 6.07 Å². The fourth-order valence-corrected chi connectivity index (χ4v) is 1.23. The number of rotatable bonds is 2. The Morgan fingerprint density at radius 3 is 2.93 bits per heavy atom. The maximum Gasteiger partial charge on any atom is 0.151 e. The van der Waals surface area contributed by atoms with Gasteiger partial charge in [-0.3, -0.25) is 0 Å². The van der Waals surface area contributed by atoms with Gasteiger partial charge >= 0.3 is 0 Å². The molecule has 0 aliphatic heterocycles. The average molecular weight is 190 g/mol. The molecule has 0 bridgehead atoms. The van der Waals surface area contributed by atoms with Gasteiger partial charge in [-0.2, -0.15) is 5.10 Å². The van der Waals surface area contributed by atoms with E-state index in [-0.39, 0.29) is 5.82 Å². The molecule has 0 saturated carbocycles. The normalized spacial score (nSPS) is 10.4. The Morgan fingerprint density at radius 2 is 2.29 bits per heavy atom. The van der Waals surface area contributed by atoms with Crippen molar-refractivity contribution < 1.29 is 4.39 Å². The zero-order valence-corrected chi connectivity index (χ0v) is 7.52. The molecular weight excluding hydrogens is 181 g/mol. The molecule has 0 N–H and O–H groups in total. The van der Waals surface area contributed by atoms with Gasteiger partial charge < -0.3 is 0 Å². The Morgan fingerprint density at radius 1 is 1.43 bits per heavy atom. The molecule has 1 aromatic heterocycles. The molecule has 0 fully saturated rings. The third kappa shape index (κ3) is 1.96. The number of nitrogens with zero attached hydrogens (tertiary/aromatic N) is 3. The van der Waals surface area contributed by atoms with Gasteiger partial charge in [-0.25, -0.2) is 14.1 Å². The number of aromatic nitrogens is 3. The smallest absolute Gasteiger partial charge is 0.151 e. The van der Waals surface area contributed by atoms with Crippen LogP contribution >= 0.6 is 0 Å². The van der Waals surface area contributed by atoms with Crippen molar-refractivity contribution in [3.63, 3.8) is 0 Å². The van der Waals surface area contributed by atoms with Crippen molar-refractivity contribution in [2.24, 2.45) is 0 Å². The van der Waals surface area contributed by atoms with Crippen molar-refractivity contribution >= 4 is 0 Å². The molecule has 1 heterocycles. The van der Waals surface area contributed by atoms with Crippen molar-refractivity contribution in [3.8, 4) is 0 Å². The van der Waals surface area contributed by atoms with E-state index in [0.29, 0.717) is 12.4 Å². The van der Waals surface area contributed by atoms with E-state index in [4.69, 9.17) is 0 Å². The first-order valence-electron chi connectivity index (χ1n) is 4.20. The first-order valence-corrected chi connectivity index (χ1v) is 4.20. The summed E-state index contributed by atoms with van der Waals surface area (Å²) in [6.07, 6.45) is 1.58. The minimum atomic E-state index is -0.238. The largest absolute Gasteiger partial charge is 0.248 e. The first kappa shape index (κ1) is 8.87. The van der Waals surface area contributed by atoms with Crippen LogP contribution in [0.5, 0.6) is 0 Å². The molecule has 4 heteroatoms. The zero-order valence-electron chi connectivity index (χ0n) is 7.52. The fourth-order valence-electron chi connectivity index (χ4n) is 1.23. The highest BCUT2D eigenvalue weighted by Crippen LogP contribution is 2.04. The lowest BCUT2D eigenvalue weighted by molar-refractivity contribution is 0.619. The highest BCUT2D eigenvalue weighted by molar-refractivity contribution is 5.16. The Labute approximate surface area is 81.2 Å². The third-order valence-corrected chi connectivity index (χ3v) is 1.82. The molecule has 3 nitrogen and oxygen atoms in total. The predicted molar refractivity (Wildman–Crippen MR) is 50.0 cm³/mol. The van der Waals surface area contributed by atoms with Gasteiger partial charge in [0.1, 0.15) is 12.1 Å². The van der Waals surface area contributed by atoms with Crippen LogP contribution in [-0.4, -0.2) is 14.8 Å². The molecule has 0 aliphatic carbocycles. The highest BCUT2D eigenvalue weighted by atomic mass is 19.1. The highest BCUT2D eigenvalue weighted by Gasteiger charge is 1.98. The number of hydrogen-bond acceptors (Lipinski definition) is 2. The van der Waals surface area contributed by atoms with E-state index < -0.39 is 0 Å². The molecule has 1 aromatic carbocycles. The van der Waals surface area contributed by atoms with E-state index in [9.17, 15) is 4.39 Å². The summed E-state index contributed by atoms with van der Waals surface area (Å²) in [5.41, 5.74) is 0.856. The predicted octanol–water partition coefficient (Wildman–Crippen LogP) is 1.65. The molecule has 2 rings (SSSR count). The molecule has 0 atom stereocenters. The van der Waals surface area contributed by atoms with Crippen LogP contribution in [0.25, 0.3) is 0 Å². The quantitative estimate of drug-likeness (QED) is 0.720. The minimum Gasteiger partial charge on any atom is -0.248 e.